The van der Waals surface area contributed by atoms with Gasteiger partial charge in [0.2, 0.25) is 5.13 Å². The summed E-state index contributed by atoms with van der Waals surface area (Å²) in [4.78, 5) is 0. The van der Waals surface area contributed by atoms with E-state index in [0.717, 1.165) is 22.3 Å². The monoisotopic (exact) mass is 223 g/mol. The Morgan fingerprint density at radius 1 is 1.53 bits per heavy atom. The molecule has 0 aliphatic heterocycles. The topological polar surface area (TPSA) is 51.0 Å². The molecule has 0 aliphatic rings. The molecule has 2 aromatic rings. The molecule has 1 N–H and O–H groups in total. The molecule has 2 rings (SSSR count). The van der Waals surface area contributed by atoms with Gasteiger partial charge in [0.1, 0.15) is 10.8 Å². The lowest BCUT2D eigenvalue weighted by Gasteiger charge is -2.09. The normalized spacial score (nSPS) is 12.7. The Kier molecular flexibility index (Phi) is 3.01. The van der Waals surface area contributed by atoms with Gasteiger partial charge in [-0.05, 0) is 26.0 Å². The van der Waals surface area contributed by atoms with Gasteiger partial charge in [-0.15, -0.1) is 10.2 Å². The van der Waals surface area contributed by atoms with Crippen molar-refractivity contribution in [1.29, 1.82) is 0 Å². The van der Waals surface area contributed by atoms with Crippen LogP contribution in [0, 0.1) is 6.92 Å². The van der Waals surface area contributed by atoms with Crippen LogP contribution < -0.4 is 5.32 Å². The van der Waals surface area contributed by atoms with Crippen molar-refractivity contribution in [2.24, 2.45) is 0 Å². The zero-order chi connectivity index (χ0) is 10.7. The van der Waals surface area contributed by atoms with Crippen molar-refractivity contribution in [3.8, 4) is 0 Å². The fourth-order valence-electron chi connectivity index (χ4n) is 1.35. The Hall–Kier alpha value is -1.36. The van der Waals surface area contributed by atoms with Crippen LogP contribution in [0.5, 0.6) is 0 Å². The standard InChI is InChI=1S/C10H13N3OS/c1-7(6-9-4-3-5-14-9)11-10-13-12-8(2)15-10/h3-5,7H,6H2,1-2H3,(H,11,13). The van der Waals surface area contributed by atoms with E-state index in [-0.39, 0.29) is 0 Å². The minimum Gasteiger partial charge on any atom is -0.469 e. The van der Waals surface area contributed by atoms with Crippen LogP contribution in [0.25, 0.3) is 0 Å². The van der Waals surface area contributed by atoms with Crippen LogP contribution in [-0.2, 0) is 6.42 Å². The van der Waals surface area contributed by atoms with Crippen LogP contribution in [0.1, 0.15) is 17.7 Å². The average molecular weight is 223 g/mol. The van der Waals surface area contributed by atoms with Crippen LogP contribution in [0.4, 0.5) is 5.13 Å². The number of furan rings is 1. The predicted octanol–water partition coefficient (Wildman–Crippen LogP) is 2.48. The molecule has 0 radical (unpaired) electrons. The number of hydrogen-bond donors (Lipinski definition) is 1. The largest absolute Gasteiger partial charge is 0.469 e. The summed E-state index contributed by atoms with van der Waals surface area (Å²) in [6.45, 7) is 4.04. The third-order valence-corrected chi connectivity index (χ3v) is 2.75. The van der Waals surface area contributed by atoms with E-state index in [0.29, 0.717) is 6.04 Å². The number of aromatic nitrogens is 2. The van der Waals surface area contributed by atoms with Gasteiger partial charge in [-0.25, -0.2) is 0 Å². The lowest BCUT2D eigenvalue weighted by Crippen LogP contribution is -2.17. The molecule has 4 nitrogen and oxygen atoms in total. The quantitative estimate of drug-likeness (QED) is 0.865. The molecule has 0 saturated carbocycles. The first-order valence-electron chi connectivity index (χ1n) is 4.83. The Morgan fingerprint density at radius 2 is 2.40 bits per heavy atom. The number of rotatable bonds is 4. The summed E-state index contributed by atoms with van der Waals surface area (Å²) in [5, 5.41) is 13.1. The van der Waals surface area contributed by atoms with Gasteiger partial charge in [-0.3, -0.25) is 0 Å². The molecule has 15 heavy (non-hydrogen) atoms. The zero-order valence-corrected chi connectivity index (χ0v) is 9.54. The van der Waals surface area contributed by atoms with Crippen LogP contribution >= 0.6 is 11.3 Å². The van der Waals surface area contributed by atoms with Crippen molar-refractivity contribution < 1.29 is 4.42 Å². The second kappa shape index (κ2) is 4.44. The van der Waals surface area contributed by atoms with E-state index >= 15 is 0 Å². The summed E-state index contributed by atoms with van der Waals surface area (Å²) in [7, 11) is 0. The molecule has 80 valence electrons. The molecule has 0 aliphatic carbocycles. The van der Waals surface area contributed by atoms with E-state index in [2.05, 4.69) is 22.4 Å². The van der Waals surface area contributed by atoms with Crippen LogP contribution in [0.2, 0.25) is 0 Å². The SMILES string of the molecule is Cc1nnc(NC(C)Cc2ccco2)s1. The Bertz CT molecular complexity index is 410. The van der Waals surface area contributed by atoms with Crippen molar-refractivity contribution in [2.45, 2.75) is 26.3 Å². The zero-order valence-electron chi connectivity index (χ0n) is 8.73. The second-order valence-electron chi connectivity index (χ2n) is 3.46. The van der Waals surface area contributed by atoms with Crippen molar-refractivity contribution in [1.82, 2.24) is 10.2 Å². The summed E-state index contributed by atoms with van der Waals surface area (Å²) in [6.07, 6.45) is 2.54. The maximum Gasteiger partial charge on any atom is 0.205 e. The highest BCUT2D eigenvalue weighted by Crippen LogP contribution is 2.16. The first-order valence-corrected chi connectivity index (χ1v) is 5.64. The number of aryl methyl sites for hydroxylation is 1. The van der Waals surface area contributed by atoms with E-state index in [4.69, 9.17) is 4.42 Å². The molecule has 0 bridgehead atoms. The van der Waals surface area contributed by atoms with E-state index < -0.39 is 0 Å². The highest BCUT2D eigenvalue weighted by atomic mass is 32.1. The van der Waals surface area contributed by atoms with E-state index in [1.807, 2.05) is 19.1 Å². The van der Waals surface area contributed by atoms with Crippen LogP contribution in [-0.4, -0.2) is 16.2 Å². The minimum atomic E-state index is 0.295. The minimum absolute atomic E-state index is 0.295. The second-order valence-corrected chi connectivity index (χ2v) is 4.64. The third kappa shape index (κ3) is 2.79. The first kappa shape index (κ1) is 10.2. The Labute approximate surface area is 92.3 Å². The predicted molar refractivity (Wildman–Crippen MR) is 60.1 cm³/mol. The molecule has 5 heteroatoms. The maximum atomic E-state index is 5.27. The Balaban J connectivity index is 1.90. The summed E-state index contributed by atoms with van der Waals surface area (Å²) < 4.78 is 5.27. The summed E-state index contributed by atoms with van der Waals surface area (Å²) in [6, 6.07) is 4.17. The van der Waals surface area contributed by atoms with Gasteiger partial charge in [-0.2, -0.15) is 0 Å². The average Bonchev–Trinajstić information content (AvgIpc) is 2.77. The summed E-state index contributed by atoms with van der Waals surface area (Å²) >= 11 is 1.56. The van der Waals surface area contributed by atoms with Gasteiger partial charge < -0.3 is 9.73 Å². The lowest BCUT2D eigenvalue weighted by molar-refractivity contribution is 0.497. The molecule has 0 saturated heterocycles. The van der Waals surface area contributed by atoms with Gasteiger partial charge in [0, 0.05) is 12.5 Å². The summed E-state index contributed by atoms with van der Waals surface area (Å²) in [5.74, 6) is 0.983. The Morgan fingerprint density at radius 3 is 3.00 bits per heavy atom. The van der Waals surface area contributed by atoms with Gasteiger partial charge in [0.25, 0.3) is 0 Å². The number of anilines is 1. The van der Waals surface area contributed by atoms with Crippen molar-refractivity contribution in [3.05, 3.63) is 29.2 Å². The molecule has 2 heterocycles. The molecule has 2 aromatic heterocycles. The van der Waals surface area contributed by atoms with E-state index in [9.17, 15) is 0 Å². The number of nitrogens with one attached hydrogen (secondary N) is 1. The smallest absolute Gasteiger partial charge is 0.205 e. The third-order valence-electron chi connectivity index (χ3n) is 1.98. The first-order chi connectivity index (χ1) is 7.24. The van der Waals surface area contributed by atoms with Crippen LogP contribution in [0.15, 0.2) is 22.8 Å². The van der Waals surface area contributed by atoms with E-state index in [1.54, 1.807) is 17.6 Å². The molecular weight excluding hydrogens is 210 g/mol. The van der Waals surface area contributed by atoms with Crippen molar-refractivity contribution >= 4 is 16.5 Å². The number of nitrogens with zero attached hydrogens (tertiary/aromatic N) is 2. The van der Waals surface area contributed by atoms with Gasteiger partial charge in [-0.1, -0.05) is 11.3 Å². The molecule has 0 spiro atoms. The van der Waals surface area contributed by atoms with Gasteiger partial charge in [0.15, 0.2) is 0 Å². The van der Waals surface area contributed by atoms with Crippen molar-refractivity contribution in [2.75, 3.05) is 5.32 Å². The highest BCUT2D eigenvalue weighted by molar-refractivity contribution is 7.15. The maximum absolute atomic E-state index is 5.27. The molecule has 0 fully saturated rings. The molecular formula is C10H13N3OS. The molecule has 0 aromatic carbocycles. The van der Waals surface area contributed by atoms with Crippen LogP contribution in [0.3, 0.4) is 0 Å². The van der Waals surface area contributed by atoms with Gasteiger partial charge in [0.05, 0.1) is 6.26 Å². The fraction of sp³-hybridized carbons (Fsp3) is 0.400. The highest BCUT2D eigenvalue weighted by Gasteiger charge is 2.07. The van der Waals surface area contributed by atoms with Gasteiger partial charge >= 0.3 is 0 Å². The molecule has 1 unspecified atom stereocenters. The van der Waals surface area contributed by atoms with Crippen molar-refractivity contribution in [3.63, 3.8) is 0 Å². The number of hydrogen-bond acceptors (Lipinski definition) is 5. The van der Waals surface area contributed by atoms with E-state index in [1.165, 1.54) is 0 Å². The summed E-state index contributed by atoms with van der Waals surface area (Å²) in [5.41, 5.74) is 0. The molecule has 0 amide bonds. The lowest BCUT2D eigenvalue weighted by atomic mass is 10.2. The molecule has 1 atom stereocenters. The fourth-order valence-corrected chi connectivity index (χ4v) is 2.05.